The molecule has 7 heteroatoms. The molecule has 1 aromatic rings. The van der Waals surface area contributed by atoms with Gasteiger partial charge in [-0.2, -0.15) is 5.26 Å². The lowest BCUT2D eigenvalue weighted by Crippen LogP contribution is -2.47. The Bertz CT molecular complexity index is 1000. The van der Waals surface area contributed by atoms with Gasteiger partial charge in [-0.25, -0.2) is 0 Å². The number of fused-ring (bicyclic) bond motifs is 3. The molecule has 0 bridgehead atoms. The molecule has 0 fully saturated rings. The molecule has 3 aliphatic rings. The smallest absolute Gasteiger partial charge is 0.245 e. The Morgan fingerprint density at radius 3 is 2.81 bits per heavy atom. The van der Waals surface area contributed by atoms with Crippen molar-refractivity contribution in [2.24, 2.45) is 11.7 Å². The highest BCUT2D eigenvalue weighted by molar-refractivity contribution is 9.10. The van der Waals surface area contributed by atoms with Crippen molar-refractivity contribution in [1.29, 1.82) is 5.26 Å². The first kappa shape index (κ1) is 16.9. The maximum atomic E-state index is 13.2. The Kier molecular flexibility index (Phi) is 3.53. The predicted octanol–water partition coefficient (Wildman–Crippen LogP) is 2.92. The number of benzene rings is 1. The van der Waals surface area contributed by atoms with Crippen molar-refractivity contribution in [3.05, 3.63) is 50.5 Å². The van der Waals surface area contributed by atoms with E-state index in [1.54, 1.807) is 6.07 Å². The number of nitriles is 1. The monoisotopic (exact) mass is 413 g/mol. The second kappa shape index (κ2) is 5.45. The lowest BCUT2D eigenvalue weighted by Gasteiger charge is -2.38. The summed E-state index contributed by atoms with van der Waals surface area (Å²) in [4.78, 5) is 26.2. The van der Waals surface area contributed by atoms with Crippen molar-refractivity contribution in [2.75, 3.05) is 5.32 Å². The fraction of sp³-hybridized carbons (Fsp3) is 0.316. The van der Waals surface area contributed by atoms with E-state index in [0.29, 0.717) is 29.9 Å². The van der Waals surface area contributed by atoms with Crippen LogP contribution in [0.1, 0.15) is 30.9 Å². The van der Waals surface area contributed by atoms with Crippen LogP contribution in [0.25, 0.3) is 0 Å². The number of rotatable bonds is 0. The van der Waals surface area contributed by atoms with Gasteiger partial charge >= 0.3 is 0 Å². The van der Waals surface area contributed by atoms with Crippen LogP contribution in [0.15, 0.2) is 39.4 Å². The number of nitrogens with two attached hydrogens (primary N) is 1. The van der Waals surface area contributed by atoms with Gasteiger partial charge in [0.25, 0.3) is 0 Å². The summed E-state index contributed by atoms with van der Waals surface area (Å²) < 4.78 is 6.47. The maximum absolute atomic E-state index is 13.2. The molecular weight excluding hydrogens is 398 g/mol. The number of carbonyl (C=O) groups excluding carboxylic acids is 2. The van der Waals surface area contributed by atoms with E-state index in [4.69, 9.17) is 10.5 Å². The van der Waals surface area contributed by atoms with E-state index in [-0.39, 0.29) is 28.7 Å². The molecule has 6 nitrogen and oxygen atoms in total. The van der Waals surface area contributed by atoms with Gasteiger partial charge in [0, 0.05) is 28.6 Å². The van der Waals surface area contributed by atoms with E-state index >= 15 is 0 Å². The molecule has 4 rings (SSSR count). The number of carbonyl (C=O) groups is 2. The van der Waals surface area contributed by atoms with Gasteiger partial charge < -0.3 is 15.8 Å². The lowest BCUT2D eigenvalue weighted by atomic mass is 9.64. The van der Waals surface area contributed by atoms with E-state index < -0.39 is 11.3 Å². The van der Waals surface area contributed by atoms with Crippen LogP contribution < -0.4 is 11.1 Å². The molecule has 2 aliphatic heterocycles. The first-order valence-electron chi connectivity index (χ1n) is 8.27. The molecule has 0 saturated heterocycles. The van der Waals surface area contributed by atoms with Gasteiger partial charge in [-0.15, -0.1) is 0 Å². The molecule has 0 aromatic heterocycles. The third kappa shape index (κ3) is 1.96. The van der Waals surface area contributed by atoms with E-state index in [2.05, 4.69) is 21.2 Å². The summed E-state index contributed by atoms with van der Waals surface area (Å²) in [6, 6.07) is 5.64. The van der Waals surface area contributed by atoms with Crippen molar-refractivity contribution in [3.63, 3.8) is 0 Å². The molecular formula is C19H16BrN3O3. The maximum Gasteiger partial charge on any atom is 0.245 e. The number of ketones is 1. The van der Waals surface area contributed by atoms with Gasteiger partial charge in [0.2, 0.25) is 11.8 Å². The summed E-state index contributed by atoms with van der Waals surface area (Å²) in [7, 11) is 0. The van der Waals surface area contributed by atoms with E-state index in [0.717, 1.165) is 10.0 Å². The van der Waals surface area contributed by atoms with Crippen LogP contribution >= 0.6 is 15.9 Å². The number of halogens is 1. The van der Waals surface area contributed by atoms with Gasteiger partial charge in [0.1, 0.15) is 22.8 Å². The third-order valence-electron chi connectivity index (χ3n) is 5.26. The molecule has 2 heterocycles. The third-order valence-corrected chi connectivity index (χ3v) is 6.11. The predicted molar refractivity (Wildman–Crippen MR) is 97.5 cm³/mol. The first-order valence-corrected chi connectivity index (χ1v) is 9.07. The van der Waals surface area contributed by atoms with Gasteiger partial charge in [0.15, 0.2) is 5.78 Å². The Morgan fingerprint density at radius 2 is 2.12 bits per heavy atom. The number of nitrogens with one attached hydrogen (secondary N) is 1. The topological polar surface area (TPSA) is 105 Å². The summed E-state index contributed by atoms with van der Waals surface area (Å²) in [5.41, 5.74) is 6.73. The van der Waals surface area contributed by atoms with Crippen LogP contribution in [0, 0.1) is 24.2 Å². The second-order valence-corrected chi connectivity index (χ2v) is 7.89. The number of aryl methyl sites for hydroxylation is 1. The highest BCUT2D eigenvalue weighted by atomic mass is 79.9. The fourth-order valence-corrected chi connectivity index (χ4v) is 4.48. The summed E-state index contributed by atoms with van der Waals surface area (Å²) >= 11 is 3.46. The Hall–Kier alpha value is -2.59. The molecule has 26 heavy (non-hydrogen) atoms. The summed E-state index contributed by atoms with van der Waals surface area (Å²) in [6.07, 6.45) is 0.807. The first-order chi connectivity index (χ1) is 12.3. The number of hydrogen-bond acceptors (Lipinski definition) is 5. The highest BCUT2D eigenvalue weighted by Gasteiger charge is 2.60. The zero-order valence-corrected chi connectivity index (χ0v) is 15.9. The zero-order valence-electron chi connectivity index (χ0n) is 14.3. The van der Waals surface area contributed by atoms with Crippen molar-refractivity contribution in [2.45, 2.75) is 32.1 Å². The van der Waals surface area contributed by atoms with Gasteiger partial charge in [-0.1, -0.05) is 28.9 Å². The summed E-state index contributed by atoms with van der Waals surface area (Å²) in [6.45, 7) is 3.83. The molecule has 0 saturated carbocycles. The molecule has 1 spiro atoms. The lowest BCUT2D eigenvalue weighted by molar-refractivity contribution is -0.123. The molecule has 1 aromatic carbocycles. The average molecular weight is 414 g/mol. The molecule has 0 unspecified atom stereocenters. The Morgan fingerprint density at radius 1 is 1.38 bits per heavy atom. The minimum atomic E-state index is -1.54. The standard InChI is InChI=1S/C19H16BrN3O3/c1-8-3-14(24)16-15(4-8)26-17(22)11(7-21)19(16)10-5-9(2)12(20)6-13(10)23-18(19)25/h5-6,8H,3-4,22H2,1-2H3,(H,23,25)/t8-,19+/m0/s1. The van der Waals surface area contributed by atoms with Crippen molar-refractivity contribution in [3.8, 4) is 6.07 Å². The average Bonchev–Trinajstić information content (AvgIpc) is 2.80. The number of allylic oxidation sites excluding steroid dienone is 1. The number of hydrogen-bond donors (Lipinski definition) is 2. The molecule has 132 valence electrons. The Labute approximate surface area is 158 Å². The number of nitrogens with zero attached hydrogens (tertiary/aromatic N) is 1. The van der Waals surface area contributed by atoms with Crippen LogP contribution in [-0.4, -0.2) is 11.7 Å². The molecule has 1 aliphatic carbocycles. The quantitative estimate of drug-likeness (QED) is 0.679. The largest absolute Gasteiger partial charge is 0.444 e. The van der Waals surface area contributed by atoms with Crippen LogP contribution in [0.2, 0.25) is 0 Å². The van der Waals surface area contributed by atoms with Crippen LogP contribution in [0.4, 0.5) is 5.69 Å². The normalized spacial score (nSPS) is 27.1. The van der Waals surface area contributed by atoms with Gasteiger partial charge in [-0.05, 0) is 24.5 Å². The van der Waals surface area contributed by atoms with E-state index in [1.807, 2.05) is 26.0 Å². The molecule has 1 amide bonds. The van der Waals surface area contributed by atoms with Crippen molar-refractivity contribution >= 4 is 33.3 Å². The summed E-state index contributed by atoms with van der Waals surface area (Å²) in [5.74, 6) is -0.248. The number of ether oxygens (including phenoxy) is 1. The Balaban J connectivity index is 2.11. The van der Waals surface area contributed by atoms with Crippen LogP contribution in [0.3, 0.4) is 0 Å². The SMILES string of the molecule is Cc1cc2c(cc1Br)NC(=O)[C@@]21C(C#N)=C(N)OC2=C1C(=O)C[C@H](C)C2. The fourth-order valence-electron chi connectivity index (χ4n) is 4.14. The highest BCUT2D eigenvalue weighted by Crippen LogP contribution is 2.54. The van der Waals surface area contributed by atoms with Crippen molar-refractivity contribution in [1.82, 2.24) is 0 Å². The van der Waals surface area contributed by atoms with Crippen LogP contribution in [0.5, 0.6) is 0 Å². The number of Topliss-reactive ketones (excluding diaryl/α,β-unsaturated/α-hetero) is 1. The minimum Gasteiger partial charge on any atom is -0.444 e. The molecule has 2 atom stereocenters. The van der Waals surface area contributed by atoms with E-state index in [1.165, 1.54) is 0 Å². The molecule has 0 radical (unpaired) electrons. The molecule has 3 N–H and O–H groups in total. The second-order valence-electron chi connectivity index (χ2n) is 7.04. The van der Waals surface area contributed by atoms with E-state index in [9.17, 15) is 14.9 Å². The van der Waals surface area contributed by atoms with Crippen LogP contribution in [-0.2, 0) is 19.7 Å². The number of amides is 1. The van der Waals surface area contributed by atoms with Crippen molar-refractivity contribution < 1.29 is 14.3 Å². The van der Waals surface area contributed by atoms with Gasteiger partial charge in [0.05, 0.1) is 5.57 Å². The minimum absolute atomic E-state index is 0.0304. The number of anilines is 1. The van der Waals surface area contributed by atoms with Gasteiger partial charge in [-0.3, -0.25) is 9.59 Å². The zero-order chi connectivity index (χ0) is 18.8. The summed E-state index contributed by atoms with van der Waals surface area (Å²) in [5, 5.41) is 12.6.